The van der Waals surface area contributed by atoms with Gasteiger partial charge in [-0.3, -0.25) is 9.59 Å². The smallest absolute Gasteiger partial charge is 0.255 e. The van der Waals surface area contributed by atoms with Crippen molar-refractivity contribution in [3.05, 3.63) is 94.7 Å². The summed E-state index contributed by atoms with van der Waals surface area (Å²) in [6, 6.07) is 20.4. The number of aromatic nitrogens is 1. The van der Waals surface area contributed by atoms with Gasteiger partial charge in [0.05, 0.1) is 20.3 Å². The van der Waals surface area contributed by atoms with Crippen molar-refractivity contribution < 1.29 is 19.1 Å². The van der Waals surface area contributed by atoms with Crippen LogP contribution in [0.15, 0.2) is 66.7 Å². The maximum absolute atomic E-state index is 13.6. The van der Waals surface area contributed by atoms with E-state index in [2.05, 4.69) is 16.4 Å². The molecule has 0 fully saturated rings. The van der Waals surface area contributed by atoms with Crippen LogP contribution < -0.4 is 14.8 Å². The average molecular weight is 468 g/mol. The molecule has 2 aliphatic heterocycles. The standard InChI is InChI=1S/C28H25N3O4/c1-34-23-12-11-16(13-24(23)35-2)15-29-27(32)22-14-20-17-7-5-6-10-21(17)30-25(20)26-18-8-3-4-9-19(18)28(33)31(22)26/h3-13,22,26,30H,14-15H2,1-2H3,(H,29,32)/t22-,26+/m1/s1. The Bertz CT molecular complexity index is 1470. The summed E-state index contributed by atoms with van der Waals surface area (Å²) in [5.41, 5.74) is 5.57. The predicted molar refractivity (Wildman–Crippen MR) is 132 cm³/mol. The molecule has 2 aliphatic rings. The van der Waals surface area contributed by atoms with Crippen LogP contribution in [0.4, 0.5) is 0 Å². The molecule has 2 amide bonds. The van der Waals surface area contributed by atoms with Crippen molar-refractivity contribution in [3.8, 4) is 11.5 Å². The molecule has 0 spiro atoms. The number of hydrogen-bond acceptors (Lipinski definition) is 4. The zero-order valence-electron chi connectivity index (χ0n) is 19.5. The van der Waals surface area contributed by atoms with Crippen LogP contribution in [0.5, 0.6) is 11.5 Å². The van der Waals surface area contributed by atoms with Crippen LogP contribution in [0.3, 0.4) is 0 Å². The summed E-state index contributed by atoms with van der Waals surface area (Å²) in [7, 11) is 3.17. The first-order valence-corrected chi connectivity index (χ1v) is 11.6. The molecule has 1 aromatic heterocycles. The highest BCUT2D eigenvalue weighted by molar-refractivity contribution is 6.03. The Labute approximate surface area is 202 Å². The molecule has 3 aromatic carbocycles. The van der Waals surface area contributed by atoms with Crippen molar-refractivity contribution in [2.75, 3.05) is 14.2 Å². The van der Waals surface area contributed by atoms with Gasteiger partial charge in [0.15, 0.2) is 11.5 Å². The molecule has 35 heavy (non-hydrogen) atoms. The monoisotopic (exact) mass is 467 g/mol. The van der Waals surface area contributed by atoms with Crippen molar-refractivity contribution in [1.82, 2.24) is 15.2 Å². The molecule has 0 bridgehead atoms. The molecular weight excluding hydrogens is 442 g/mol. The number of ether oxygens (including phenoxy) is 2. The third kappa shape index (κ3) is 3.26. The van der Waals surface area contributed by atoms with Gasteiger partial charge >= 0.3 is 0 Å². The number of nitrogens with one attached hydrogen (secondary N) is 2. The molecule has 3 heterocycles. The zero-order chi connectivity index (χ0) is 24.1. The summed E-state index contributed by atoms with van der Waals surface area (Å²) in [4.78, 5) is 32.4. The van der Waals surface area contributed by atoms with Crippen molar-refractivity contribution in [2.24, 2.45) is 0 Å². The molecule has 0 unspecified atom stereocenters. The number of methoxy groups -OCH3 is 2. The van der Waals surface area contributed by atoms with Crippen LogP contribution >= 0.6 is 0 Å². The van der Waals surface area contributed by atoms with E-state index in [1.807, 2.05) is 60.7 Å². The van der Waals surface area contributed by atoms with E-state index in [-0.39, 0.29) is 17.9 Å². The average Bonchev–Trinajstić information content (AvgIpc) is 3.42. The van der Waals surface area contributed by atoms with E-state index in [0.29, 0.717) is 30.0 Å². The summed E-state index contributed by atoms with van der Waals surface area (Å²) in [5.74, 6) is 0.943. The number of carbonyl (C=O) groups excluding carboxylic acids is 2. The quantitative estimate of drug-likeness (QED) is 0.465. The zero-order valence-corrected chi connectivity index (χ0v) is 19.5. The number of hydrogen-bond donors (Lipinski definition) is 2. The summed E-state index contributed by atoms with van der Waals surface area (Å²) in [6.07, 6.45) is 0.452. The topological polar surface area (TPSA) is 83.7 Å². The third-order valence-electron chi connectivity index (χ3n) is 7.07. The van der Waals surface area contributed by atoms with E-state index in [9.17, 15) is 9.59 Å². The largest absolute Gasteiger partial charge is 0.493 e. The molecule has 176 valence electrons. The first kappa shape index (κ1) is 21.3. The van der Waals surface area contributed by atoms with Crippen molar-refractivity contribution in [2.45, 2.75) is 25.0 Å². The third-order valence-corrected chi connectivity index (χ3v) is 7.07. The number of H-pyrrole nitrogens is 1. The van der Waals surface area contributed by atoms with E-state index < -0.39 is 6.04 Å². The maximum atomic E-state index is 13.6. The first-order valence-electron chi connectivity index (χ1n) is 11.6. The number of nitrogens with zero attached hydrogens (tertiary/aromatic N) is 1. The minimum absolute atomic E-state index is 0.110. The van der Waals surface area contributed by atoms with Gasteiger partial charge in [-0.15, -0.1) is 0 Å². The van der Waals surface area contributed by atoms with Gasteiger partial charge in [0.2, 0.25) is 5.91 Å². The summed E-state index contributed by atoms with van der Waals surface area (Å²) < 4.78 is 10.7. The fourth-order valence-corrected chi connectivity index (χ4v) is 5.43. The van der Waals surface area contributed by atoms with E-state index in [0.717, 1.165) is 33.3 Å². The van der Waals surface area contributed by atoms with Gasteiger partial charge in [-0.05, 0) is 41.0 Å². The molecule has 2 atom stereocenters. The highest BCUT2D eigenvalue weighted by Gasteiger charge is 2.48. The minimum Gasteiger partial charge on any atom is -0.493 e. The van der Waals surface area contributed by atoms with Crippen LogP contribution in [0.25, 0.3) is 10.9 Å². The lowest BCUT2D eigenvalue weighted by Gasteiger charge is -2.37. The lowest BCUT2D eigenvalue weighted by molar-refractivity contribution is -0.126. The molecule has 0 saturated heterocycles. The van der Waals surface area contributed by atoms with Gasteiger partial charge in [0, 0.05) is 35.1 Å². The molecule has 2 N–H and O–H groups in total. The Hall–Kier alpha value is -4.26. The molecular formula is C28H25N3O4. The van der Waals surface area contributed by atoms with Gasteiger partial charge in [-0.2, -0.15) is 0 Å². The second-order valence-corrected chi connectivity index (χ2v) is 8.89. The van der Waals surface area contributed by atoms with E-state index in [1.165, 1.54) is 0 Å². The molecule has 7 nitrogen and oxygen atoms in total. The van der Waals surface area contributed by atoms with Crippen LogP contribution in [-0.4, -0.2) is 42.0 Å². The van der Waals surface area contributed by atoms with Gasteiger partial charge in [0.25, 0.3) is 5.91 Å². The number of aromatic amines is 1. The number of rotatable bonds is 5. The van der Waals surface area contributed by atoms with E-state index in [4.69, 9.17) is 9.47 Å². The van der Waals surface area contributed by atoms with Gasteiger partial charge in [-0.1, -0.05) is 42.5 Å². The Balaban J connectivity index is 1.36. The highest BCUT2D eigenvalue weighted by Crippen LogP contribution is 2.46. The summed E-state index contributed by atoms with van der Waals surface area (Å²) >= 11 is 0. The Morgan fingerprint density at radius 1 is 1.03 bits per heavy atom. The molecule has 4 aromatic rings. The maximum Gasteiger partial charge on any atom is 0.255 e. The second-order valence-electron chi connectivity index (χ2n) is 8.89. The molecule has 6 rings (SSSR count). The molecule has 0 radical (unpaired) electrons. The first-order chi connectivity index (χ1) is 17.1. The summed E-state index contributed by atoms with van der Waals surface area (Å²) in [6.45, 7) is 0.316. The number of benzene rings is 3. The van der Waals surface area contributed by atoms with Crippen LogP contribution in [-0.2, 0) is 17.8 Å². The van der Waals surface area contributed by atoms with Crippen molar-refractivity contribution in [1.29, 1.82) is 0 Å². The van der Waals surface area contributed by atoms with Crippen LogP contribution in [0, 0.1) is 0 Å². The molecule has 0 saturated carbocycles. The van der Waals surface area contributed by atoms with Crippen LogP contribution in [0.2, 0.25) is 0 Å². The van der Waals surface area contributed by atoms with Gasteiger partial charge in [0.1, 0.15) is 6.04 Å². The number of carbonyl (C=O) groups is 2. The van der Waals surface area contributed by atoms with E-state index in [1.54, 1.807) is 19.1 Å². The summed E-state index contributed by atoms with van der Waals surface area (Å²) in [5, 5.41) is 4.14. The fraction of sp³-hybridized carbons (Fsp3) is 0.214. The minimum atomic E-state index is -0.619. The SMILES string of the molecule is COc1ccc(CNC(=O)[C@H]2Cc3c([nH]c4ccccc34)[C@@H]3c4ccccc4C(=O)N32)cc1OC. The van der Waals surface area contributed by atoms with Gasteiger partial charge < -0.3 is 24.7 Å². The normalized spacial score (nSPS) is 18.1. The predicted octanol–water partition coefficient (Wildman–Crippen LogP) is 3.97. The lowest BCUT2D eigenvalue weighted by atomic mass is 9.90. The molecule has 0 aliphatic carbocycles. The Morgan fingerprint density at radius 2 is 1.80 bits per heavy atom. The Morgan fingerprint density at radius 3 is 2.63 bits per heavy atom. The molecule has 7 heteroatoms. The van der Waals surface area contributed by atoms with Crippen molar-refractivity contribution in [3.63, 3.8) is 0 Å². The van der Waals surface area contributed by atoms with Gasteiger partial charge in [-0.25, -0.2) is 0 Å². The lowest BCUT2D eigenvalue weighted by Crippen LogP contribution is -2.52. The van der Waals surface area contributed by atoms with Crippen LogP contribution in [0.1, 0.15) is 38.8 Å². The van der Waals surface area contributed by atoms with Crippen molar-refractivity contribution >= 4 is 22.7 Å². The number of amides is 2. The number of fused-ring (bicyclic) bond motifs is 7. The number of para-hydroxylation sites is 1. The second kappa shape index (κ2) is 8.20. The highest BCUT2D eigenvalue weighted by atomic mass is 16.5. The Kier molecular flexibility index (Phi) is 4.99. The fourth-order valence-electron chi connectivity index (χ4n) is 5.43. The van der Waals surface area contributed by atoms with E-state index >= 15 is 0 Å².